The maximum Gasteiger partial charge on any atom is 0.230 e. The van der Waals surface area contributed by atoms with Crippen LogP contribution in [0.5, 0.6) is 11.5 Å². The van der Waals surface area contributed by atoms with E-state index in [0.717, 1.165) is 24.1 Å². The summed E-state index contributed by atoms with van der Waals surface area (Å²) in [6.45, 7) is 3.04. The quantitative estimate of drug-likeness (QED) is 0.697. The zero-order valence-corrected chi connectivity index (χ0v) is 19.2. The topological polar surface area (TPSA) is 102 Å². The molecule has 2 aromatic carbocycles. The zero-order valence-electron chi connectivity index (χ0n) is 18.4. The van der Waals surface area contributed by atoms with E-state index in [-0.39, 0.29) is 23.1 Å². The zero-order chi connectivity index (χ0) is 23.2. The predicted octanol–water partition coefficient (Wildman–Crippen LogP) is 2.95. The minimum absolute atomic E-state index is 0.118. The number of anilines is 2. The normalized spacial score (nSPS) is 17.9. The summed E-state index contributed by atoms with van der Waals surface area (Å²) in [6.07, 6.45) is 2.32. The molecule has 1 N–H and O–H groups in total. The standard InChI is InChI=1S/C24H26N2O6S/c1-15(12-23(27)25-18-4-7-21-22(14-18)32-11-10-31-21)33(29,30)19-5-6-20-17(13-19)8-9-26(20)24(28)16-2-3-16/h4-7,13-16H,2-3,8-12H2,1H3,(H,25,27). The lowest BCUT2D eigenvalue weighted by atomic mass is 10.2. The second-order valence-corrected chi connectivity index (χ2v) is 11.1. The van der Waals surface area contributed by atoms with Gasteiger partial charge < -0.3 is 19.7 Å². The number of rotatable bonds is 6. The van der Waals surface area contributed by atoms with Crippen molar-refractivity contribution in [1.82, 2.24) is 0 Å². The van der Waals surface area contributed by atoms with Gasteiger partial charge in [0.25, 0.3) is 0 Å². The fourth-order valence-electron chi connectivity index (χ4n) is 4.27. The lowest BCUT2D eigenvalue weighted by Gasteiger charge is -2.19. The second kappa shape index (κ2) is 8.37. The molecule has 0 bridgehead atoms. The molecule has 1 atom stereocenters. The number of ether oxygens (including phenoxy) is 2. The fourth-order valence-corrected chi connectivity index (χ4v) is 5.67. The lowest BCUT2D eigenvalue weighted by Crippen LogP contribution is -2.30. The Morgan fingerprint density at radius 2 is 1.85 bits per heavy atom. The highest BCUT2D eigenvalue weighted by atomic mass is 32.2. The Morgan fingerprint density at radius 3 is 2.61 bits per heavy atom. The molecule has 33 heavy (non-hydrogen) atoms. The van der Waals surface area contributed by atoms with Gasteiger partial charge in [-0.25, -0.2) is 8.42 Å². The molecular weight excluding hydrogens is 444 g/mol. The monoisotopic (exact) mass is 470 g/mol. The van der Waals surface area contributed by atoms with E-state index < -0.39 is 21.0 Å². The van der Waals surface area contributed by atoms with Crippen molar-refractivity contribution < 1.29 is 27.5 Å². The summed E-state index contributed by atoms with van der Waals surface area (Å²) in [6, 6.07) is 9.99. The predicted molar refractivity (Wildman–Crippen MR) is 123 cm³/mol. The van der Waals surface area contributed by atoms with Crippen molar-refractivity contribution >= 4 is 33.0 Å². The average molecular weight is 471 g/mol. The number of fused-ring (bicyclic) bond motifs is 2. The van der Waals surface area contributed by atoms with Crippen LogP contribution >= 0.6 is 0 Å². The molecule has 2 heterocycles. The van der Waals surface area contributed by atoms with Crippen LogP contribution in [-0.4, -0.2) is 45.2 Å². The number of sulfone groups is 1. The van der Waals surface area contributed by atoms with E-state index >= 15 is 0 Å². The molecule has 3 aliphatic rings. The lowest BCUT2D eigenvalue weighted by molar-refractivity contribution is -0.119. The van der Waals surface area contributed by atoms with E-state index in [1.807, 2.05) is 0 Å². The molecule has 174 valence electrons. The Kier molecular flexibility index (Phi) is 5.52. The van der Waals surface area contributed by atoms with E-state index in [1.165, 1.54) is 6.92 Å². The third-order valence-corrected chi connectivity index (χ3v) is 8.43. The molecule has 9 heteroatoms. The minimum atomic E-state index is -3.71. The van der Waals surface area contributed by atoms with Gasteiger partial charge in [-0.1, -0.05) is 0 Å². The van der Waals surface area contributed by atoms with Crippen LogP contribution in [0.4, 0.5) is 11.4 Å². The molecule has 0 spiro atoms. The SMILES string of the molecule is CC(CC(=O)Nc1ccc2c(c1)OCCO2)S(=O)(=O)c1ccc2c(c1)CCN2C(=O)C1CC1. The summed E-state index contributed by atoms with van der Waals surface area (Å²) in [5.74, 6) is 1.02. The highest BCUT2D eigenvalue weighted by molar-refractivity contribution is 7.92. The molecule has 0 radical (unpaired) electrons. The minimum Gasteiger partial charge on any atom is -0.486 e. The van der Waals surface area contributed by atoms with Gasteiger partial charge in [0.15, 0.2) is 21.3 Å². The number of benzene rings is 2. The van der Waals surface area contributed by atoms with Gasteiger partial charge in [-0.2, -0.15) is 0 Å². The molecule has 2 amide bonds. The van der Waals surface area contributed by atoms with Gasteiger partial charge in [0.2, 0.25) is 11.8 Å². The van der Waals surface area contributed by atoms with Crippen LogP contribution in [0.3, 0.4) is 0 Å². The largest absolute Gasteiger partial charge is 0.486 e. The van der Waals surface area contributed by atoms with E-state index in [1.54, 1.807) is 41.3 Å². The average Bonchev–Trinajstić information content (AvgIpc) is 3.57. The summed E-state index contributed by atoms with van der Waals surface area (Å²) in [7, 11) is -3.71. The maximum absolute atomic E-state index is 13.1. The molecule has 5 rings (SSSR count). The molecule has 0 saturated heterocycles. The van der Waals surface area contributed by atoms with Crippen LogP contribution in [0.15, 0.2) is 41.3 Å². The Labute approximate surface area is 192 Å². The summed E-state index contributed by atoms with van der Waals surface area (Å²) < 4.78 is 37.3. The Morgan fingerprint density at radius 1 is 1.09 bits per heavy atom. The molecule has 1 unspecified atom stereocenters. The van der Waals surface area contributed by atoms with E-state index in [9.17, 15) is 18.0 Å². The summed E-state index contributed by atoms with van der Waals surface area (Å²) in [5.41, 5.74) is 2.18. The van der Waals surface area contributed by atoms with Gasteiger partial charge in [-0.15, -0.1) is 0 Å². The van der Waals surface area contributed by atoms with Crippen LogP contribution in [0.2, 0.25) is 0 Å². The first kappa shape index (κ1) is 21.8. The van der Waals surface area contributed by atoms with Crippen molar-refractivity contribution in [2.24, 2.45) is 5.92 Å². The summed E-state index contributed by atoms with van der Waals surface area (Å²) in [4.78, 5) is 27.0. The van der Waals surface area contributed by atoms with Crippen molar-refractivity contribution in [2.75, 3.05) is 30.0 Å². The molecule has 0 aromatic heterocycles. The van der Waals surface area contributed by atoms with Crippen molar-refractivity contribution in [3.05, 3.63) is 42.0 Å². The van der Waals surface area contributed by atoms with Gasteiger partial charge >= 0.3 is 0 Å². The van der Waals surface area contributed by atoms with E-state index in [4.69, 9.17) is 9.47 Å². The van der Waals surface area contributed by atoms with Crippen molar-refractivity contribution in [3.63, 3.8) is 0 Å². The number of nitrogens with zero attached hydrogens (tertiary/aromatic N) is 1. The number of hydrogen-bond donors (Lipinski definition) is 1. The Bertz CT molecular complexity index is 1220. The molecule has 2 aliphatic heterocycles. The van der Waals surface area contributed by atoms with E-state index in [0.29, 0.717) is 43.4 Å². The number of hydrogen-bond acceptors (Lipinski definition) is 6. The van der Waals surface area contributed by atoms with Crippen LogP contribution in [0.1, 0.15) is 31.7 Å². The third-order valence-electron chi connectivity index (χ3n) is 6.30. The van der Waals surface area contributed by atoms with Gasteiger partial charge in [0, 0.05) is 36.3 Å². The number of carbonyl (C=O) groups is 2. The van der Waals surface area contributed by atoms with Gasteiger partial charge in [0.1, 0.15) is 13.2 Å². The highest BCUT2D eigenvalue weighted by Gasteiger charge is 2.37. The van der Waals surface area contributed by atoms with Gasteiger partial charge in [-0.3, -0.25) is 9.59 Å². The summed E-state index contributed by atoms with van der Waals surface area (Å²) in [5, 5.41) is 1.84. The van der Waals surface area contributed by atoms with Crippen molar-refractivity contribution in [3.8, 4) is 11.5 Å². The second-order valence-electron chi connectivity index (χ2n) is 8.77. The fraction of sp³-hybridized carbons (Fsp3) is 0.417. The van der Waals surface area contributed by atoms with Crippen LogP contribution in [0.25, 0.3) is 0 Å². The third kappa shape index (κ3) is 4.29. The molecule has 1 fully saturated rings. The summed E-state index contributed by atoms with van der Waals surface area (Å²) >= 11 is 0. The molecular formula is C24H26N2O6S. The Balaban J connectivity index is 1.26. The first-order chi connectivity index (χ1) is 15.8. The van der Waals surface area contributed by atoms with Crippen LogP contribution < -0.4 is 19.7 Å². The molecule has 2 aromatic rings. The Hall–Kier alpha value is -3.07. The number of amides is 2. The first-order valence-electron chi connectivity index (χ1n) is 11.2. The number of nitrogens with one attached hydrogen (secondary N) is 1. The van der Waals surface area contributed by atoms with Crippen LogP contribution in [-0.2, 0) is 25.8 Å². The first-order valence-corrected chi connectivity index (χ1v) is 12.8. The van der Waals surface area contributed by atoms with Gasteiger partial charge in [0.05, 0.1) is 10.1 Å². The highest BCUT2D eigenvalue weighted by Crippen LogP contribution is 2.38. The number of carbonyl (C=O) groups excluding carboxylic acids is 2. The van der Waals surface area contributed by atoms with Crippen molar-refractivity contribution in [2.45, 2.75) is 42.8 Å². The van der Waals surface area contributed by atoms with E-state index in [2.05, 4.69) is 5.32 Å². The van der Waals surface area contributed by atoms with Gasteiger partial charge in [-0.05, 0) is 62.1 Å². The molecule has 1 aliphatic carbocycles. The molecule has 1 saturated carbocycles. The van der Waals surface area contributed by atoms with Crippen molar-refractivity contribution in [1.29, 1.82) is 0 Å². The van der Waals surface area contributed by atoms with Crippen LogP contribution in [0, 0.1) is 5.92 Å². The molecule has 8 nitrogen and oxygen atoms in total. The maximum atomic E-state index is 13.1. The smallest absolute Gasteiger partial charge is 0.230 e.